The van der Waals surface area contributed by atoms with E-state index in [9.17, 15) is 19.2 Å². The van der Waals surface area contributed by atoms with Crippen LogP contribution in [0.25, 0.3) is 0 Å². The average molecular weight is 353 g/mol. The van der Waals surface area contributed by atoms with Gasteiger partial charge < -0.3 is 9.59 Å². The number of Topliss-reactive ketones (excluding diaryl/α,β-unsaturated/α-hetero) is 2. The van der Waals surface area contributed by atoms with Gasteiger partial charge in [-0.3, -0.25) is 9.59 Å². The van der Waals surface area contributed by atoms with Gasteiger partial charge in [0, 0.05) is 23.7 Å². The summed E-state index contributed by atoms with van der Waals surface area (Å²) in [7, 11) is 0. The highest BCUT2D eigenvalue weighted by Crippen LogP contribution is 2.27. The van der Waals surface area contributed by atoms with E-state index < -0.39 is 17.6 Å². The van der Waals surface area contributed by atoms with E-state index in [4.69, 9.17) is 0 Å². The molecule has 0 bridgehead atoms. The molecule has 0 aliphatic heterocycles. The summed E-state index contributed by atoms with van der Waals surface area (Å²) in [6, 6.07) is 0. The summed E-state index contributed by atoms with van der Waals surface area (Å²) in [4.78, 5) is 48.3. The molecule has 0 saturated carbocycles. The lowest BCUT2D eigenvalue weighted by Gasteiger charge is -2.24. The molecule has 0 fully saturated rings. The van der Waals surface area contributed by atoms with Gasteiger partial charge in [0.25, 0.3) is 0 Å². The maximum atomic E-state index is 12.9. The third-order valence-electron chi connectivity index (χ3n) is 5.20. The van der Waals surface area contributed by atoms with E-state index in [1.54, 1.807) is 0 Å². The lowest BCUT2D eigenvalue weighted by molar-refractivity contribution is -0.143. The lowest BCUT2D eigenvalue weighted by atomic mass is 9.77. The van der Waals surface area contributed by atoms with Crippen molar-refractivity contribution in [2.75, 3.05) is 0 Å². The van der Waals surface area contributed by atoms with Crippen molar-refractivity contribution < 1.29 is 19.2 Å². The van der Waals surface area contributed by atoms with Crippen molar-refractivity contribution in [2.24, 2.45) is 23.7 Å². The number of carbonyl (C=O) groups excluding carboxylic acids is 4. The molecule has 0 aliphatic rings. The molecule has 25 heavy (non-hydrogen) atoms. The minimum atomic E-state index is -0.498. The molecule has 0 aromatic heterocycles. The monoisotopic (exact) mass is 352 g/mol. The van der Waals surface area contributed by atoms with Gasteiger partial charge in [-0.25, -0.2) is 0 Å². The second kappa shape index (κ2) is 13.9. The van der Waals surface area contributed by atoms with Crippen LogP contribution in [-0.4, -0.2) is 24.1 Å². The van der Waals surface area contributed by atoms with Crippen LogP contribution in [0.4, 0.5) is 0 Å². The molecule has 4 nitrogen and oxygen atoms in total. The Kier molecular flexibility index (Phi) is 13.2. The fourth-order valence-corrected chi connectivity index (χ4v) is 3.29. The number of carbonyl (C=O) groups is 4. The van der Waals surface area contributed by atoms with E-state index >= 15 is 0 Å². The minimum absolute atomic E-state index is 0.183. The van der Waals surface area contributed by atoms with Crippen molar-refractivity contribution in [3.63, 3.8) is 0 Å². The predicted octanol–water partition coefficient (Wildman–Crippen LogP) is 4.58. The summed E-state index contributed by atoms with van der Waals surface area (Å²) in [6.45, 7) is 7.88. The van der Waals surface area contributed by atoms with Crippen LogP contribution >= 0.6 is 0 Å². The topological polar surface area (TPSA) is 68.3 Å². The summed E-state index contributed by atoms with van der Waals surface area (Å²) >= 11 is 0. The van der Waals surface area contributed by atoms with E-state index in [-0.39, 0.29) is 17.6 Å². The van der Waals surface area contributed by atoms with Crippen LogP contribution in [0.3, 0.4) is 0 Å². The van der Waals surface area contributed by atoms with Gasteiger partial charge in [0.2, 0.25) is 11.6 Å². The normalized spacial score (nSPS) is 15.8. The quantitative estimate of drug-likeness (QED) is 0.301. The Morgan fingerprint density at radius 2 is 1.40 bits per heavy atom. The first-order valence-electron chi connectivity index (χ1n) is 9.98. The lowest BCUT2D eigenvalue weighted by Crippen LogP contribution is -2.35. The van der Waals surface area contributed by atoms with Crippen molar-refractivity contribution in [2.45, 2.75) is 85.5 Å². The number of rotatable bonds is 16. The molecule has 144 valence electrons. The molecule has 0 aromatic rings. The van der Waals surface area contributed by atoms with Gasteiger partial charge in [0.05, 0.1) is 0 Å². The minimum Gasteiger partial charge on any atom is -0.303 e. The fourth-order valence-electron chi connectivity index (χ4n) is 3.29. The summed E-state index contributed by atoms with van der Waals surface area (Å²) < 4.78 is 0. The summed E-state index contributed by atoms with van der Waals surface area (Å²) in [5, 5.41) is 0. The third-order valence-corrected chi connectivity index (χ3v) is 5.20. The Bertz CT molecular complexity index is 416. The number of unbranched alkanes of at least 4 members (excludes halogenated alkanes) is 2. The Labute approximate surface area is 153 Å². The van der Waals surface area contributed by atoms with Crippen LogP contribution < -0.4 is 0 Å². The number of hydrogen-bond donors (Lipinski definition) is 0. The molecule has 0 aliphatic carbocycles. The molecule has 0 spiro atoms. The van der Waals surface area contributed by atoms with E-state index in [1.165, 1.54) is 0 Å². The van der Waals surface area contributed by atoms with Gasteiger partial charge in [-0.1, -0.05) is 53.4 Å². The first-order chi connectivity index (χ1) is 12.0. The van der Waals surface area contributed by atoms with Gasteiger partial charge in [-0.15, -0.1) is 0 Å². The van der Waals surface area contributed by atoms with E-state index in [2.05, 4.69) is 0 Å². The van der Waals surface area contributed by atoms with Crippen molar-refractivity contribution in [3.05, 3.63) is 0 Å². The first-order valence-corrected chi connectivity index (χ1v) is 9.98. The fraction of sp³-hybridized carbons (Fsp3) is 0.810. The van der Waals surface area contributed by atoms with Gasteiger partial charge >= 0.3 is 0 Å². The van der Waals surface area contributed by atoms with Crippen molar-refractivity contribution >= 4 is 24.1 Å². The first kappa shape index (κ1) is 23.7. The average Bonchev–Trinajstić information content (AvgIpc) is 2.64. The molecular formula is C21H36O4. The standard InChI is InChI=1S/C21H36O4/c1-5-9-11-18(15-23)19(12-10-6-2)21(25)20(24)17(8-4)13-16(7-3)14-22/h14-19H,5-13H2,1-4H3. The smallest absolute Gasteiger partial charge is 0.202 e. The molecular weight excluding hydrogens is 316 g/mol. The molecule has 4 heteroatoms. The highest BCUT2D eigenvalue weighted by Gasteiger charge is 2.35. The molecule has 0 radical (unpaired) electrons. The molecule has 0 saturated heterocycles. The Morgan fingerprint density at radius 3 is 1.84 bits per heavy atom. The van der Waals surface area contributed by atoms with Gasteiger partial charge in [-0.2, -0.15) is 0 Å². The van der Waals surface area contributed by atoms with E-state index in [1.807, 2.05) is 27.7 Å². The molecule has 4 unspecified atom stereocenters. The highest BCUT2D eigenvalue weighted by molar-refractivity contribution is 6.39. The summed E-state index contributed by atoms with van der Waals surface area (Å²) in [5.41, 5.74) is 0. The van der Waals surface area contributed by atoms with Crippen LogP contribution in [0, 0.1) is 23.7 Å². The van der Waals surface area contributed by atoms with Crippen molar-refractivity contribution in [3.8, 4) is 0 Å². The predicted molar refractivity (Wildman–Crippen MR) is 100 cm³/mol. The van der Waals surface area contributed by atoms with Crippen LogP contribution in [-0.2, 0) is 19.2 Å². The second-order valence-electron chi connectivity index (χ2n) is 7.06. The van der Waals surface area contributed by atoms with E-state index in [0.29, 0.717) is 32.1 Å². The molecule has 0 heterocycles. The molecule has 0 N–H and O–H groups in total. The zero-order valence-electron chi connectivity index (χ0n) is 16.5. The number of hydrogen-bond acceptors (Lipinski definition) is 4. The number of aldehydes is 2. The van der Waals surface area contributed by atoms with Crippen LogP contribution in [0.15, 0.2) is 0 Å². The SMILES string of the molecule is CCCCC(C=O)C(CCCC)C(=O)C(=O)C(CC)CC(C=O)CC. The zero-order valence-corrected chi connectivity index (χ0v) is 16.5. The van der Waals surface area contributed by atoms with Gasteiger partial charge in [0.15, 0.2) is 0 Å². The largest absolute Gasteiger partial charge is 0.303 e. The van der Waals surface area contributed by atoms with Crippen LogP contribution in [0.2, 0.25) is 0 Å². The van der Waals surface area contributed by atoms with Crippen molar-refractivity contribution in [1.29, 1.82) is 0 Å². The van der Waals surface area contributed by atoms with E-state index in [0.717, 1.165) is 38.3 Å². The number of ketones is 2. The molecule has 0 rings (SSSR count). The molecule has 0 aromatic carbocycles. The van der Waals surface area contributed by atoms with Crippen LogP contribution in [0.5, 0.6) is 0 Å². The molecule has 4 atom stereocenters. The maximum absolute atomic E-state index is 12.9. The zero-order chi connectivity index (χ0) is 19.2. The Hall–Kier alpha value is -1.32. The van der Waals surface area contributed by atoms with Gasteiger partial charge in [-0.05, 0) is 32.1 Å². The second-order valence-corrected chi connectivity index (χ2v) is 7.06. The maximum Gasteiger partial charge on any atom is 0.202 e. The summed E-state index contributed by atoms with van der Waals surface area (Å²) in [6.07, 6.45) is 8.27. The van der Waals surface area contributed by atoms with Gasteiger partial charge in [0.1, 0.15) is 12.6 Å². The summed E-state index contributed by atoms with van der Waals surface area (Å²) in [5.74, 6) is -2.24. The Morgan fingerprint density at radius 1 is 0.800 bits per heavy atom. The van der Waals surface area contributed by atoms with Crippen molar-refractivity contribution in [1.82, 2.24) is 0 Å². The Balaban J connectivity index is 5.25. The molecule has 0 amide bonds. The highest BCUT2D eigenvalue weighted by atomic mass is 16.2. The van der Waals surface area contributed by atoms with Crippen LogP contribution in [0.1, 0.15) is 85.5 Å². The third kappa shape index (κ3) is 8.06.